The molecule has 4 nitrogen and oxygen atoms in total. The summed E-state index contributed by atoms with van der Waals surface area (Å²) in [5, 5.41) is 3.16. The second-order valence-corrected chi connectivity index (χ2v) is 8.33. The molecule has 1 N–H and O–H groups in total. The van der Waals surface area contributed by atoms with Crippen molar-refractivity contribution in [3.63, 3.8) is 0 Å². The number of rotatable bonds is 4. The van der Waals surface area contributed by atoms with Gasteiger partial charge >= 0.3 is 0 Å². The van der Waals surface area contributed by atoms with Crippen molar-refractivity contribution in [2.75, 3.05) is 13.1 Å². The Balaban J connectivity index is 1.40. The fourth-order valence-corrected chi connectivity index (χ4v) is 4.38. The van der Waals surface area contributed by atoms with Crippen LogP contribution >= 0.6 is 34.8 Å². The molecule has 0 bridgehead atoms. The highest BCUT2D eigenvalue weighted by Gasteiger charge is 2.22. The summed E-state index contributed by atoms with van der Waals surface area (Å²) in [6.07, 6.45) is 3.52. The molecule has 0 unspecified atom stereocenters. The normalized spacial score (nSPS) is 15.8. The first-order valence-electron chi connectivity index (χ1n) is 9.13. The first-order valence-corrected chi connectivity index (χ1v) is 10.3. The second kappa shape index (κ2) is 8.34. The number of H-pyrrole nitrogens is 1. The lowest BCUT2D eigenvalue weighted by molar-refractivity contribution is 0.0970. The Morgan fingerprint density at radius 3 is 2.46 bits per heavy atom. The van der Waals surface area contributed by atoms with Crippen LogP contribution in [0.1, 0.15) is 18.4 Å². The number of pyridine rings is 1. The molecule has 2 aromatic carbocycles. The molecule has 146 valence electrons. The molecule has 28 heavy (non-hydrogen) atoms. The Morgan fingerprint density at radius 1 is 1.04 bits per heavy atom. The summed E-state index contributed by atoms with van der Waals surface area (Å²) in [6.45, 7) is 2.64. The summed E-state index contributed by atoms with van der Waals surface area (Å²) in [7, 11) is 0. The molecule has 2 heterocycles. The van der Waals surface area contributed by atoms with Gasteiger partial charge in [0.15, 0.2) is 0 Å². The highest BCUT2D eigenvalue weighted by Crippen LogP contribution is 2.31. The molecule has 0 saturated carbocycles. The monoisotopic (exact) mass is 436 g/mol. The number of aromatic amines is 1. The van der Waals surface area contributed by atoms with Gasteiger partial charge in [-0.05, 0) is 60.2 Å². The van der Waals surface area contributed by atoms with Crippen molar-refractivity contribution in [2.45, 2.75) is 25.5 Å². The minimum absolute atomic E-state index is 0.0937. The first-order chi connectivity index (χ1) is 13.5. The van der Waals surface area contributed by atoms with Gasteiger partial charge in [0.2, 0.25) is 0 Å². The summed E-state index contributed by atoms with van der Waals surface area (Å²) < 4.78 is 6.16. The number of nitrogens with zero attached hydrogens (tertiary/aromatic N) is 1. The van der Waals surface area contributed by atoms with Crippen LogP contribution in [0.4, 0.5) is 0 Å². The van der Waals surface area contributed by atoms with Crippen molar-refractivity contribution in [3.05, 3.63) is 73.6 Å². The number of fused-ring (bicyclic) bond motifs is 1. The average molecular weight is 438 g/mol. The Hall–Kier alpha value is -1.72. The Bertz CT molecular complexity index is 1040. The molecule has 0 aliphatic carbocycles. The third-order valence-corrected chi connectivity index (χ3v) is 5.71. The van der Waals surface area contributed by atoms with Crippen LogP contribution in [0, 0.1) is 0 Å². The van der Waals surface area contributed by atoms with Crippen molar-refractivity contribution < 1.29 is 4.74 Å². The summed E-state index contributed by atoms with van der Waals surface area (Å²) >= 11 is 18.5. The maximum absolute atomic E-state index is 11.9. The second-order valence-electron chi connectivity index (χ2n) is 7.05. The molecule has 1 aliphatic rings. The first kappa shape index (κ1) is 19.6. The molecule has 4 rings (SSSR count). The van der Waals surface area contributed by atoms with Gasteiger partial charge in [0.1, 0.15) is 11.9 Å². The molecule has 0 spiro atoms. The van der Waals surface area contributed by atoms with E-state index in [1.54, 1.807) is 18.3 Å². The van der Waals surface area contributed by atoms with E-state index in [4.69, 9.17) is 39.5 Å². The molecule has 0 amide bonds. The van der Waals surface area contributed by atoms with E-state index in [1.807, 2.05) is 24.3 Å². The van der Waals surface area contributed by atoms with Gasteiger partial charge in [0, 0.05) is 41.3 Å². The van der Waals surface area contributed by atoms with Crippen molar-refractivity contribution in [2.24, 2.45) is 0 Å². The lowest BCUT2D eigenvalue weighted by Crippen LogP contribution is -2.37. The number of likely N-dealkylation sites (tertiary alicyclic amines) is 1. The van der Waals surface area contributed by atoms with E-state index in [0.29, 0.717) is 26.2 Å². The minimum Gasteiger partial charge on any atom is -0.489 e. The molecule has 0 atom stereocenters. The summed E-state index contributed by atoms with van der Waals surface area (Å²) in [5.74, 6) is 0.625. The lowest BCUT2D eigenvalue weighted by atomic mass is 10.1. The number of aromatic nitrogens is 1. The van der Waals surface area contributed by atoms with Crippen LogP contribution < -0.4 is 10.3 Å². The van der Waals surface area contributed by atoms with Crippen molar-refractivity contribution in [1.29, 1.82) is 0 Å². The van der Waals surface area contributed by atoms with Gasteiger partial charge in [0.05, 0.1) is 5.02 Å². The average Bonchev–Trinajstić information content (AvgIpc) is 2.64. The van der Waals surface area contributed by atoms with Gasteiger partial charge in [0.25, 0.3) is 5.56 Å². The third kappa shape index (κ3) is 4.47. The fraction of sp³-hybridized carbons (Fsp3) is 0.286. The largest absolute Gasteiger partial charge is 0.489 e. The van der Waals surface area contributed by atoms with E-state index in [0.717, 1.165) is 43.4 Å². The van der Waals surface area contributed by atoms with Crippen molar-refractivity contribution >= 4 is 45.6 Å². The Kier molecular flexibility index (Phi) is 5.83. The fourth-order valence-electron chi connectivity index (χ4n) is 3.60. The maximum Gasteiger partial charge on any atom is 0.255 e. The Labute approximate surface area is 178 Å². The molecule has 1 fully saturated rings. The molecule has 0 radical (unpaired) electrons. The number of hydrogen-bond donors (Lipinski definition) is 1. The van der Waals surface area contributed by atoms with Gasteiger partial charge in [-0.25, -0.2) is 0 Å². The van der Waals surface area contributed by atoms with Crippen LogP contribution in [0.5, 0.6) is 5.75 Å². The van der Waals surface area contributed by atoms with E-state index in [9.17, 15) is 4.79 Å². The predicted molar refractivity (Wildman–Crippen MR) is 115 cm³/mol. The number of benzene rings is 2. The molecule has 3 aromatic rings. The van der Waals surface area contributed by atoms with E-state index in [1.165, 1.54) is 0 Å². The zero-order chi connectivity index (χ0) is 19.7. The maximum atomic E-state index is 11.9. The quantitative estimate of drug-likeness (QED) is 0.583. The van der Waals surface area contributed by atoms with E-state index >= 15 is 0 Å². The highest BCUT2D eigenvalue weighted by atomic mass is 35.5. The van der Waals surface area contributed by atoms with Crippen molar-refractivity contribution in [1.82, 2.24) is 9.88 Å². The van der Waals surface area contributed by atoms with Crippen LogP contribution in [-0.2, 0) is 6.54 Å². The molecule has 7 heteroatoms. The van der Waals surface area contributed by atoms with Crippen molar-refractivity contribution in [3.8, 4) is 5.75 Å². The minimum atomic E-state index is -0.152. The predicted octanol–water partition coefficient (Wildman–Crippen LogP) is 5.53. The molecular weight excluding hydrogens is 419 g/mol. The van der Waals surface area contributed by atoms with E-state index in [-0.39, 0.29) is 11.7 Å². The smallest absolute Gasteiger partial charge is 0.255 e. The van der Waals surface area contributed by atoms with Crippen LogP contribution in [0.2, 0.25) is 15.1 Å². The molecule has 1 aromatic heterocycles. The van der Waals surface area contributed by atoms with Gasteiger partial charge in [-0.2, -0.15) is 0 Å². The number of nitrogens with one attached hydrogen (secondary N) is 1. The molecular formula is C21H19Cl3N2O2. The van der Waals surface area contributed by atoms with E-state index < -0.39 is 0 Å². The van der Waals surface area contributed by atoms with Gasteiger partial charge in [-0.1, -0.05) is 34.8 Å². The molecule has 1 saturated heterocycles. The van der Waals surface area contributed by atoms with E-state index in [2.05, 4.69) is 9.88 Å². The summed E-state index contributed by atoms with van der Waals surface area (Å²) in [4.78, 5) is 16.9. The number of halogens is 3. The summed E-state index contributed by atoms with van der Waals surface area (Å²) in [5.41, 5.74) is 0.958. The number of piperidine rings is 1. The van der Waals surface area contributed by atoms with Gasteiger partial charge in [-0.15, -0.1) is 0 Å². The van der Waals surface area contributed by atoms with Crippen LogP contribution in [-0.4, -0.2) is 29.1 Å². The number of hydrogen-bond acceptors (Lipinski definition) is 3. The lowest BCUT2D eigenvalue weighted by Gasteiger charge is -2.32. The third-order valence-electron chi connectivity index (χ3n) is 4.98. The SMILES string of the molecule is O=c1[nH]ccc2cc(OC3CCN(Cc4cc(Cl)cc(Cl)c4)CC3)c(Cl)cc12. The topological polar surface area (TPSA) is 45.3 Å². The Morgan fingerprint density at radius 2 is 1.75 bits per heavy atom. The van der Waals surface area contributed by atoms with Crippen LogP contribution in [0.15, 0.2) is 47.4 Å². The zero-order valence-corrected chi connectivity index (χ0v) is 17.3. The standard InChI is InChI=1S/C21H19Cl3N2O2/c22-15-7-13(8-16(23)10-15)12-26-5-2-17(3-6-26)28-20-9-14-1-4-25-21(27)18(14)11-19(20)24/h1,4,7-11,17H,2-3,5-6,12H2,(H,25,27). The van der Waals surface area contributed by atoms with Gasteiger partial charge < -0.3 is 9.72 Å². The van der Waals surface area contributed by atoms with Crippen LogP contribution in [0.3, 0.4) is 0 Å². The number of ether oxygens (including phenoxy) is 1. The van der Waals surface area contributed by atoms with Gasteiger partial charge in [-0.3, -0.25) is 9.69 Å². The zero-order valence-electron chi connectivity index (χ0n) is 15.1. The highest BCUT2D eigenvalue weighted by molar-refractivity contribution is 6.34. The summed E-state index contributed by atoms with van der Waals surface area (Å²) in [6, 6.07) is 11.0. The molecule has 1 aliphatic heterocycles. The van der Waals surface area contributed by atoms with Crippen LogP contribution in [0.25, 0.3) is 10.8 Å².